The average molecular weight is 609 g/mol. The molecule has 0 saturated carbocycles. The minimum atomic E-state index is -4.88. The number of halogens is 3. The summed E-state index contributed by atoms with van der Waals surface area (Å²) in [5.74, 6) is -0.607. The first-order valence-electron chi connectivity index (χ1n) is 14.3. The van der Waals surface area contributed by atoms with Crippen molar-refractivity contribution in [2.75, 3.05) is 62.2 Å². The van der Waals surface area contributed by atoms with Crippen LogP contribution in [0.1, 0.15) is 22.2 Å². The SMILES string of the molecule is CCc1cc2c(N3CCN(C(=O)c4ccc(-c5ccccc5)cc4)CC3)nc(N3CCN(C(=O)C(F)(F)F)CC3)nc2s1. The molecule has 0 bridgehead atoms. The van der Waals surface area contributed by atoms with Gasteiger partial charge in [0.25, 0.3) is 5.91 Å². The summed E-state index contributed by atoms with van der Waals surface area (Å²) in [6.45, 7) is 4.64. The number of carbonyl (C=O) groups is 2. The number of hydrogen-bond acceptors (Lipinski definition) is 7. The summed E-state index contributed by atoms with van der Waals surface area (Å²) in [5, 5.41) is 0.938. The Balaban J connectivity index is 1.16. The van der Waals surface area contributed by atoms with Crippen LogP contribution < -0.4 is 9.80 Å². The Hall–Kier alpha value is -4.19. The number of alkyl halides is 3. The van der Waals surface area contributed by atoms with E-state index in [4.69, 9.17) is 9.97 Å². The van der Waals surface area contributed by atoms with Crippen LogP contribution in [0.5, 0.6) is 0 Å². The van der Waals surface area contributed by atoms with Crippen LogP contribution in [0.3, 0.4) is 0 Å². The second kappa shape index (κ2) is 11.8. The Morgan fingerprint density at radius 2 is 1.40 bits per heavy atom. The number of fused-ring (bicyclic) bond motifs is 1. The standard InChI is InChI=1S/C31H31F3N6O2S/c1-2-24-20-25-26(35-30(36-27(25)43-24)40-18-16-39(17-19-40)29(42)31(32,33)34)37-12-14-38(15-13-37)28(41)23-10-8-22(9-11-23)21-6-4-3-5-7-21/h3-11,20H,2,12-19H2,1H3. The number of carbonyl (C=O) groups excluding carboxylic acids is 2. The number of aromatic nitrogens is 2. The van der Waals surface area contributed by atoms with E-state index in [9.17, 15) is 22.8 Å². The summed E-state index contributed by atoms with van der Waals surface area (Å²) in [6, 6.07) is 19.8. The first kappa shape index (κ1) is 28.9. The van der Waals surface area contributed by atoms with Gasteiger partial charge in [0.05, 0.1) is 5.39 Å². The molecule has 2 aromatic carbocycles. The lowest BCUT2D eigenvalue weighted by Gasteiger charge is -2.37. The molecule has 2 aromatic heterocycles. The second-order valence-corrected chi connectivity index (χ2v) is 11.7. The number of hydrogen-bond donors (Lipinski definition) is 0. The molecule has 4 heterocycles. The zero-order valence-corrected chi connectivity index (χ0v) is 24.5. The summed E-state index contributed by atoms with van der Waals surface area (Å²) >= 11 is 1.58. The van der Waals surface area contributed by atoms with Gasteiger partial charge in [0.1, 0.15) is 10.6 Å². The fraction of sp³-hybridized carbons (Fsp3) is 0.355. The molecule has 43 heavy (non-hydrogen) atoms. The highest BCUT2D eigenvalue weighted by Gasteiger charge is 2.43. The fourth-order valence-electron chi connectivity index (χ4n) is 5.53. The molecule has 2 saturated heterocycles. The number of thiophene rings is 1. The van der Waals surface area contributed by atoms with Crippen molar-refractivity contribution >= 4 is 45.1 Å². The maximum atomic E-state index is 13.3. The first-order chi connectivity index (χ1) is 20.7. The van der Waals surface area contributed by atoms with Crippen molar-refractivity contribution in [1.29, 1.82) is 0 Å². The van der Waals surface area contributed by atoms with Gasteiger partial charge in [0, 0.05) is 62.8 Å². The van der Waals surface area contributed by atoms with Gasteiger partial charge in [0.2, 0.25) is 5.95 Å². The van der Waals surface area contributed by atoms with E-state index < -0.39 is 12.1 Å². The Morgan fingerprint density at radius 3 is 2.02 bits per heavy atom. The van der Waals surface area contributed by atoms with Crippen LogP contribution in [0.25, 0.3) is 21.3 Å². The highest BCUT2D eigenvalue weighted by atomic mass is 32.1. The monoisotopic (exact) mass is 608 g/mol. The third-order valence-corrected chi connectivity index (χ3v) is 9.13. The molecule has 2 aliphatic heterocycles. The van der Waals surface area contributed by atoms with Crippen molar-refractivity contribution in [3.05, 3.63) is 71.1 Å². The average Bonchev–Trinajstić information content (AvgIpc) is 3.47. The van der Waals surface area contributed by atoms with Crippen molar-refractivity contribution in [1.82, 2.24) is 19.8 Å². The Labute approximate surface area is 251 Å². The van der Waals surface area contributed by atoms with Crippen molar-refractivity contribution < 1.29 is 22.8 Å². The Bertz CT molecular complexity index is 1610. The highest BCUT2D eigenvalue weighted by molar-refractivity contribution is 7.18. The quantitative estimate of drug-likeness (QED) is 0.314. The predicted octanol–water partition coefficient (Wildman–Crippen LogP) is 5.09. The van der Waals surface area contributed by atoms with Crippen LogP contribution >= 0.6 is 11.3 Å². The van der Waals surface area contributed by atoms with Crippen molar-refractivity contribution in [2.24, 2.45) is 0 Å². The number of nitrogens with zero attached hydrogens (tertiary/aromatic N) is 6. The zero-order chi connectivity index (χ0) is 30.1. The molecule has 2 fully saturated rings. The maximum Gasteiger partial charge on any atom is 0.471 e. The van der Waals surface area contributed by atoms with E-state index in [1.54, 1.807) is 11.3 Å². The molecule has 2 aliphatic rings. The van der Waals surface area contributed by atoms with E-state index in [-0.39, 0.29) is 32.1 Å². The molecule has 2 amide bonds. The molecule has 0 radical (unpaired) electrons. The molecule has 0 N–H and O–H groups in total. The second-order valence-electron chi connectivity index (χ2n) is 10.6. The van der Waals surface area contributed by atoms with E-state index in [0.717, 1.165) is 43.4 Å². The lowest BCUT2D eigenvalue weighted by molar-refractivity contribution is -0.185. The molecule has 224 valence electrons. The van der Waals surface area contributed by atoms with Gasteiger partial charge in [-0.1, -0.05) is 49.4 Å². The Kier molecular flexibility index (Phi) is 7.95. The molecular formula is C31H31F3N6O2S. The van der Waals surface area contributed by atoms with E-state index in [1.165, 1.54) is 0 Å². The van der Waals surface area contributed by atoms with Gasteiger partial charge >= 0.3 is 12.1 Å². The third kappa shape index (κ3) is 6.01. The molecule has 6 rings (SSSR count). The summed E-state index contributed by atoms with van der Waals surface area (Å²) in [7, 11) is 0. The fourth-order valence-corrected chi connectivity index (χ4v) is 6.49. The van der Waals surface area contributed by atoms with E-state index in [0.29, 0.717) is 37.7 Å². The minimum absolute atomic E-state index is 0.0112. The molecule has 8 nitrogen and oxygen atoms in total. The van der Waals surface area contributed by atoms with Crippen LogP contribution in [0.2, 0.25) is 0 Å². The summed E-state index contributed by atoms with van der Waals surface area (Å²) in [4.78, 5) is 43.4. The lowest BCUT2D eigenvalue weighted by atomic mass is 10.0. The number of rotatable bonds is 5. The van der Waals surface area contributed by atoms with Crippen molar-refractivity contribution in [2.45, 2.75) is 19.5 Å². The van der Waals surface area contributed by atoms with Crippen LogP contribution in [0.15, 0.2) is 60.7 Å². The third-order valence-electron chi connectivity index (χ3n) is 7.96. The first-order valence-corrected chi connectivity index (χ1v) is 15.1. The normalized spacial score (nSPS) is 16.2. The largest absolute Gasteiger partial charge is 0.471 e. The van der Waals surface area contributed by atoms with E-state index in [2.05, 4.69) is 17.9 Å². The van der Waals surface area contributed by atoms with Gasteiger partial charge in [-0.15, -0.1) is 11.3 Å². The molecular weight excluding hydrogens is 577 g/mol. The summed E-state index contributed by atoms with van der Waals surface area (Å²) in [6.07, 6.45) is -4.03. The van der Waals surface area contributed by atoms with Crippen LogP contribution in [0, 0.1) is 0 Å². The number of piperazine rings is 2. The van der Waals surface area contributed by atoms with Crippen molar-refractivity contribution in [3.63, 3.8) is 0 Å². The van der Waals surface area contributed by atoms with Gasteiger partial charge in [-0.2, -0.15) is 18.2 Å². The molecule has 4 aromatic rings. The number of amides is 2. The smallest absolute Gasteiger partial charge is 0.352 e. The molecule has 0 spiro atoms. The van der Waals surface area contributed by atoms with Gasteiger partial charge in [0.15, 0.2) is 0 Å². The van der Waals surface area contributed by atoms with E-state index >= 15 is 0 Å². The molecule has 12 heteroatoms. The van der Waals surface area contributed by atoms with Crippen LogP contribution in [-0.2, 0) is 11.2 Å². The van der Waals surface area contributed by atoms with Gasteiger partial charge < -0.3 is 19.6 Å². The zero-order valence-electron chi connectivity index (χ0n) is 23.7. The lowest BCUT2D eigenvalue weighted by Crippen LogP contribution is -2.53. The highest BCUT2D eigenvalue weighted by Crippen LogP contribution is 2.34. The van der Waals surface area contributed by atoms with Gasteiger partial charge in [-0.25, -0.2) is 4.98 Å². The maximum absolute atomic E-state index is 13.3. The van der Waals surface area contributed by atoms with Gasteiger partial charge in [-0.3, -0.25) is 9.59 Å². The molecule has 0 unspecified atom stereocenters. The number of benzene rings is 2. The van der Waals surface area contributed by atoms with E-state index in [1.807, 2.05) is 64.4 Å². The molecule has 0 aliphatic carbocycles. The predicted molar refractivity (Wildman–Crippen MR) is 162 cm³/mol. The molecule has 0 atom stereocenters. The summed E-state index contributed by atoms with van der Waals surface area (Å²) < 4.78 is 38.8. The summed E-state index contributed by atoms with van der Waals surface area (Å²) in [5.41, 5.74) is 2.80. The number of aryl methyl sites for hydroxylation is 1. The van der Waals surface area contributed by atoms with Crippen molar-refractivity contribution in [3.8, 4) is 11.1 Å². The minimum Gasteiger partial charge on any atom is -0.352 e. The van der Waals surface area contributed by atoms with Gasteiger partial charge in [-0.05, 0) is 35.7 Å². The topological polar surface area (TPSA) is 72.9 Å². The van der Waals surface area contributed by atoms with Crippen LogP contribution in [-0.4, -0.2) is 90.1 Å². The van der Waals surface area contributed by atoms with Crippen LogP contribution in [0.4, 0.5) is 24.9 Å². The Morgan fingerprint density at radius 1 is 0.791 bits per heavy atom. The number of anilines is 2.